The summed E-state index contributed by atoms with van der Waals surface area (Å²) in [6.45, 7) is 1.84. The first kappa shape index (κ1) is 21.2. The quantitative estimate of drug-likeness (QED) is 0.622. The van der Waals surface area contributed by atoms with Gasteiger partial charge in [-0.05, 0) is 37.3 Å². The van der Waals surface area contributed by atoms with E-state index < -0.39 is 18.5 Å². The molecule has 0 saturated carbocycles. The highest BCUT2D eigenvalue weighted by atomic mass is 35.5. The molecule has 0 aliphatic rings. The summed E-state index contributed by atoms with van der Waals surface area (Å²) in [6, 6.07) is 13.6. The van der Waals surface area contributed by atoms with Crippen molar-refractivity contribution in [3.63, 3.8) is 0 Å². The zero-order valence-corrected chi connectivity index (χ0v) is 16.1. The highest BCUT2D eigenvalue weighted by Gasteiger charge is 2.12. The van der Waals surface area contributed by atoms with Gasteiger partial charge in [0.05, 0.1) is 18.7 Å². The van der Waals surface area contributed by atoms with Crippen LogP contribution in [0.25, 0.3) is 0 Å². The van der Waals surface area contributed by atoms with Crippen LogP contribution < -0.4 is 15.4 Å². The average Bonchev–Trinajstić information content (AvgIpc) is 2.66. The Balaban J connectivity index is 1.72. The van der Waals surface area contributed by atoms with Crippen LogP contribution in [0.15, 0.2) is 48.5 Å². The van der Waals surface area contributed by atoms with Gasteiger partial charge < -0.3 is 20.1 Å². The molecule has 28 heavy (non-hydrogen) atoms. The number of carbonyl (C=O) groups is 3. The van der Waals surface area contributed by atoms with E-state index >= 15 is 0 Å². The lowest BCUT2D eigenvalue weighted by Gasteiger charge is -2.11. The van der Waals surface area contributed by atoms with Gasteiger partial charge in [0, 0.05) is 17.1 Å². The summed E-state index contributed by atoms with van der Waals surface area (Å²) in [7, 11) is 0. The summed E-state index contributed by atoms with van der Waals surface area (Å²) in [4.78, 5) is 35.6. The second-order valence-electron chi connectivity index (χ2n) is 5.70. The molecule has 0 atom stereocenters. The van der Waals surface area contributed by atoms with Gasteiger partial charge in [0.1, 0.15) is 5.75 Å². The van der Waals surface area contributed by atoms with E-state index in [1.54, 1.807) is 48.5 Å². The van der Waals surface area contributed by atoms with Gasteiger partial charge in [0.15, 0.2) is 6.61 Å². The van der Waals surface area contributed by atoms with Gasteiger partial charge in [0.2, 0.25) is 5.91 Å². The van der Waals surface area contributed by atoms with E-state index in [9.17, 15) is 14.4 Å². The van der Waals surface area contributed by atoms with E-state index in [1.165, 1.54) is 0 Å². The number of ether oxygens (including phenoxy) is 2. The molecule has 0 fully saturated rings. The predicted molar refractivity (Wildman–Crippen MR) is 107 cm³/mol. The molecule has 0 saturated heterocycles. The van der Waals surface area contributed by atoms with Crippen molar-refractivity contribution in [1.29, 1.82) is 0 Å². The molecule has 0 unspecified atom stereocenters. The van der Waals surface area contributed by atoms with Crippen LogP contribution in [0.3, 0.4) is 0 Å². The highest BCUT2D eigenvalue weighted by Crippen LogP contribution is 2.23. The van der Waals surface area contributed by atoms with E-state index in [1.807, 2.05) is 6.92 Å². The van der Waals surface area contributed by atoms with E-state index in [0.29, 0.717) is 28.8 Å². The first-order valence-electron chi connectivity index (χ1n) is 8.70. The van der Waals surface area contributed by atoms with Crippen molar-refractivity contribution in [2.45, 2.75) is 19.8 Å². The van der Waals surface area contributed by atoms with Crippen molar-refractivity contribution >= 4 is 40.8 Å². The van der Waals surface area contributed by atoms with Crippen LogP contribution in [-0.2, 0) is 19.1 Å². The van der Waals surface area contributed by atoms with Gasteiger partial charge >= 0.3 is 5.97 Å². The second kappa shape index (κ2) is 10.9. The van der Waals surface area contributed by atoms with Crippen LogP contribution in [-0.4, -0.2) is 31.0 Å². The van der Waals surface area contributed by atoms with Gasteiger partial charge in [0.25, 0.3) is 5.91 Å². The molecular formula is C20H21ClN2O5. The molecular weight excluding hydrogens is 384 g/mol. The summed E-state index contributed by atoms with van der Waals surface area (Å²) >= 11 is 5.84. The summed E-state index contributed by atoms with van der Waals surface area (Å²) < 4.78 is 10.3. The first-order valence-corrected chi connectivity index (χ1v) is 9.08. The summed E-state index contributed by atoms with van der Waals surface area (Å²) in [6.07, 6.45) is -0.213. The Morgan fingerprint density at radius 1 is 0.964 bits per heavy atom. The standard InChI is InChI=1S/C20H21ClN2O5/c1-2-27-17-9-4-3-8-16(17)23-19(25)13-28-20(26)11-10-18(24)22-15-7-5-6-14(21)12-15/h3-9,12H,2,10-11,13H2,1H3,(H,22,24)(H,23,25). The molecule has 7 nitrogen and oxygen atoms in total. The fraction of sp³-hybridized carbons (Fsp3) is 0.250. The number of rotatable bonds is 9. The van der Waals surface area contributed by atoms with E-state index in [2.05, 4.69) is 10.6 Å². The third kappa shape index (κ3) is 7.28. The molecule has 2 rings (SSSR count). The fourth-order valence-electron chi connectivity index (χ4n) is 2.26. The van der Waals surface area contributed by atoms with Crippen LogP contribution in [0.1, 0.15) is 19.8 Å². The minimum atomic E-state index is -0.644. The molecule has 0 spiro atoms. The summed E-state index contributed by atoms with van der Waals surface area (Å²) in [5, 5.41) is 5.74. The monoisotopic (exact) mass is 404 g/mol. The Bertz CT molecular complexity index is 841. The van der Waals surface area contributed by atoms with Crippen LogP contribution in [0.4, 0.5) is 11.4 Å². The number of anilines is 2. The number of halogens is 1. The predicted octanol–water partition coefficient (Wildman–Crippen LogP) is 3.64. The Kier molecular flexibility index (Phi) is 8.30. The molecule has 0 aliphatic carbocycles. The normalized spacial score (nSPS) is 10.1. The number of esters is 1. The highest BCUT2D eigenvalue weighted by molar-refractivity contribution is 6.30. The molecule has 2 aromatic rings. The topological polar surface area (TPSA) is 93.7 Å². The van der Waals surface area contributed by atoms with Gasteiger partial charge in [-0.25, -0.2) is 0 Å². The number of para-hydroxylation sites is 2. The lowest BCUT2D eigenvalue weighted by atomic mass is 10.2. The third-order valence-electron chi connectivity index (χ3n) is 3.49. The van der Waals surface area contributed by atoms with Crippen molar-refractivity contribution in [1.82, 2.24) is 0 Å². The molecule has 2 N–H and O–H groups in total. The second-order valence-corrected chi connectivity index (χ2v) is 6.13. The maximum absolute atomic E-state index is 11.9. The van der Waals surface area contributed by atoms with Gasteiger partial charge in [-0.15, -0.1) is 0 Å². The Hall–Kier alpha value is -3.06. The fourth-order valence-corrected chi connectivity index (χ4v) is 2.45. The maximum Gasteiger partial charge on any atom is 0.306 e. The number of benzene rings is 2. The maximum atomic E-state index is 11.9. The van der Waals surface area contributed by atoms with Crippen molar-refractivity contribution in [3.05, 3.63) is 53.6 Å². The van der Waals surface area contributed by atoms with E-state index in [-0.39, 0.29) is 18.7 Å². The molecule has 0 radical (unpaired) electrons. The number of hydrogen-bond acceptors (Lipinski definition) is 5. The van der Waals surface area contributed by atoms with Crippen LogP contribution >= 0.6 is 11.6 Å². The minimum Gasteiger partial charge on any atom is -0.492 e. The Morgan fingerprint density at radius 3 is 2.50 bits per heavy atom. The SMILES string of the molecule is CCOc1ccccc1NC(=O)COC(=O)CCC(=O)Nc1cccc(Cl)c1. The van der Waals surface area contributed by atoms with Crippen molar-refractivity contribution in [3.8, 4) is 5.75 Å². The van der Waals surface area contributed by atoms with Gasteiger partial charge in [-0.1, -0.05) is 29.8 Å². The lowest BCUT2D eigenvalue weighted by molar-refractivity contribution is -0.147. The average molecular weight is 405 g/mol. The Labute approximate surface area is 168 Å². The first-order chi connectivity index (χ1) is 13.5. The third-order valence-corrected chi connectivity index (χ3v) is 3.72. The largest absolute Gasteiger partial charge is 0.492 e. The number of amides is 2. The molecule has 2 amide bonds. The molecule has 0 bridgehead atoms. The minimum absolute atomic E-state index is 0.0693. The van der Waals surface area contributed by atoms with E-state index in [0.717, 1.165) is 0 Å². The van der Waals surface area contributed by atoms with Crippen LogP contribution in [0.2, 0.25) is 5.02 Å². The summed E-state index contributed by atoms with van der Waals surface area (Å²) in [5.41, 5.74) is 1.03. The number of hydrogen-bond donors (Lipinski definition) is 2. The van der Waals surface area contributed by atoms with Crippen molar-refractivity contribution in [2.24, 2.45) is 0 Å². The van der Waals surface area contributed by atoms with Gasteiger partial charge in [-0.2, -0.15) is 0 Å². The Morgan fingerprint density at radius 2 is 1.75 bits per heavy atom. The van der Waals surface area contributed by atoms with Crippen molar-refractivity contribution in [2.75, 3.05) is 23.8 Å². The van der Waals surface area contributed by atoms with Crippen LogP contribution in [0.5, 0.6) is 5.75 Å². The summed E-state index contributed by atoms with van der Waals surface area (Å²) in [5.74, 6) is -0.963. The van der Waals surface area contributed by atoms with Crippen LogP contribution in [0, 0.1) is 0 Å². The molecule has 2 aromatic carbocycles. The lowest BCUT2D eigenvalue weighted by Crippen LogP contribution is -2.22. The van der Waals surface area contributed by atoms with Gasteiger partial charge in [-0.3, -0.25) is 14.4 Å². The van der Waals surface area contributed by atoms with E-state index in [4.69, 9.17) is 21.1 Å². The molecule has 148 valence electrons. The molecule has 0 aliphatic heterocycles. The molecule has 0 heterocycles. The zero-order valence-electron chi connectivity index (χ0n) is 15.4. The number of nitrogens with one attached hydrogen (secondary N) is 2. The number of carbonyl (C=O) groups excluding carboxylic acids is 3. The molecule has 8 heteroatoms. The van der Waals surface area contributed by atoms with Crippen molar-refractivity contribution < 1.29 is 23.9 Å². The molecule has 0 aromatic heterocycles. The smallest absolute Gasteiger partial charge is 0.306 e. The zero-order chi connectivity index (χ0) is 20.4.